The van der Waals surface area contributed by atoms with Gasteiger partial charge in [-0.05, 0) is 24.3 Å². The number of urea groups is 1. The highest BCUT2D eigenvalue weighted by Crippen LogP contribution is 2.34. The number of benzene rings is 1. The topological polar surface area (TPSA) is 98.5 Å². The number of furan rings is 1. The number of carbonyl (C=O) groups excluding carboxylic acids is 1. The molecule has 0 saturated heterocycles. The second-order valence-electron chi connectivity index (χ2n) is 5.20. The van der Waals surface area contributed by atoms with Gasteiger partial charge in [0.25, 0.3) is 0 Å². The van der Waals surface area contributed by atoms with Crippen molar-refractivity contribution >= 4 is 11.7 Å². The summed E-state index contributed by atoms with van der Waals surface area (Å²) in [5, 5.41) is 5.49. The normalized spacial score (nSPS) is 12.0. The number of nitrogens with zero attached hydrogens (tertiary/aromatic N) is 2. The van der Waals surface area contributed by atoms with E-state index < -0.39 is 0 Å². The second-order valence-corrected chi connectivity index (χ2v) is 5.20. The fourth-order valence-electron chi connectivity index (χ4n) is 2.43. The van der Waals surface area contributed by atoms with Crippen LogP contribution in [0.2, 0.25) is 0 Å². The van der Waals surface area contributed by atoms with Gasteiger partial charge in [0.05, 0.1) is 18.5 Å². The van der Waals surface area contributed by atoms with Gasteiger partial charge in [-0.25, -0.2) is 9.78 Å². The molecule has 0 atom stereocenters. The summed E-state index contributed by atoms with van der Waals surface area (Å²) in [5.74, 6) is 1.86. The number of carbonyl (C=O) groups is 1. The Morgan fingerprint density at radius 2 is 2.00 bits per heavy atom. The van der Waals surface area contributed by atoms with Crippen molar-refractivity contribution in [3.05, 3.63) is 54.7 Å². The molecule has 25 heavy (non-hydrogen) atoms. The van der Waals surface area contributed by atoms with E-state index >= 15 is 0 Å². The van der Waals surface area contributed by atoms with Crippen molar-refractivity contribution in [3.8, 4) is 23.0 Å². The third kappa shape index (κ3) is 3.23. The van der Waals surface area contributed by atoms with E-state index in [-0.39, 0.29) is 19.4 Å². The molecular formula is C17H14N4O4. The average molecular weight is 338 g/mol. The Morgan fingerprint density at radius 3 is 2.88 bits per heavy atom. The molecule has 0 spiro atoms. The first-order valence-electron chi connectivity index (χ1n) is 7.58. The summed E-state index contributed by atoms with van der Waals surface area (Å²) in [6, 6.07) is 8.39. The maximum Gasteiger partial charge on any atom is 0.319 e. The van der Waals surface area contributed by atoms with Crippen LogP contribution in [0.4, 0.5) is 10.5 Å². The minimum Gasteiger partial charge on any atom is -0.463 e. The molecule has 0 saturated carbocycles. The predicted octanol–water partition coefficient (Wildman–Crippen LogP) is 2.79. The lowest BCUT2D eigenvalue weighted by Gasteiger charge is -2.09. The lowest BCUT2D eigenvalue weighted by atomic mass is 10.2. The number of fused-ring (bicyclic) bond motifs is 1. The van der Waals surface area contributed by atoms with Gasteiger partial charge in [0.1, 0.15) is 5.69 Å². The zero-order chi connectivity index (χ0) is 17.1. The summed E-state index contributed by atoms with van der Waals surface area (Å²) >= 11 is 0. The summed E-state index contributed by atoms with van der Waals surface area (Å²) in [7, 11) is 0. The summed E-state index contributed by atoms with van der Waals surface area (Å²) in [4.78, 5) is 20.6. The molecular weight excluding hydrogens is 324 g/mol. The Hall–Kier alpha value is -3.55. The Labute approximate surface area is 142 Å². The third-order valence-corrected chi connectivity index (χ3v) is 3.58. The summed E-state index contributed by atoms with van der Waals surface area (Å²) in [5.41, 5.74) is 1.81. The third-order valence-electron chi connectivity index (χ3n) is 3.58. The number of hydrogen-bond acceptors (Lipinski definition) is 6. The Morgan fingerprint density at radius 1 is 1.12 bits per heavy atom. The van der Waals surface area contributed by atoms with E-state index in [1.54, 1.807) is 49.0 Å². The summed E-state index contributed by atoms with van der Waals surface area (Å²) in [6.07, 6.45) is 4.71. The molecule has 2 amide bonds. The SMILES string of the molecule is O=C(NCc1nccnc1-c1ccco1)Nc1ccc2c(c1)OCO2. The molecule has 126 valence electrons. The van der Waals surface area contributed by atoms with Crippen LogP contribution >= 0.6 is 0 Å². The minimum absolute atomic E-state index is 0.188. The van der Waals surface area contributed by atoms with Crippen LogP contribution in [0.25, 0.3) is 11.5 Å². The lowest BCUT2D eigenvalue weighted by Crippen LogP contribution is -2.28. The number of nitrogens with one attached hydrogen (secondary N) is 2. The number of rotatable bonds is 4. The first-order chi connectivity index (χ1) is 12.3. The predicted molar refractivity (Wildman–Crippen MR) is 88.2 cm³/mol. The van der Waals surface area contributed by atoms with Gasteiger partial charge in [0.15, 0.2) is 17.3 Å². The van der Waals surface area contributed by atoms with Crippen LogP contribution in [0, 0.1) is 0 Å². The Kier molecular flexibility index (Phi) is 3.91. The zero-order valence-corrected chi connectivity index (χ0v) is 13.1. The molecule has 0 bridgehead atoms. The van der Waals surface area contributed by atoms with Gasteiger partial charge in [0, 0.05) is 24.1 Å². The fourth-order valence-corrected chi connectivity index (χ4v) is 2.43. The van der Waals surface area contributed by atoms with Crippen molar-refractivity contribution in [2.75, 3.05) is 12.1 Å². The van der Waals surface area contributed by atoms with Gasteiger partial charge in [-0.2, -0.15) is 0 Å². The number of anilines is 1. The molecule has 1 aliphatic heterocycles. The van der Waals surface area contributed by atoms with Gasteiger partial charge in [-0.15, -0.1) is 0 Å². The van der Waals surface area contributed by atoms with Gasteiger partial charge in [-0.1, -0.05) is 0 Å². The molecule has 0 aliphatic carbocycles. The van der Waals surface area contributed by atoms with E-state index in [0.717, 1.165) is 0 Å². The summed E-state index contributed by atoms with van der Waals surface area (Å²) < 4.78 is 15.9. The lowest BCUT2D eigenvalue weighted by molar-refractivity contribution is 0.174. The summed E-state index contributed by atoms with van der Waals surface area (Å²) in [6.45, 7) is 0.396. The van der Waals surface area contributed by atoms with Crippen molar-refractivity contribution in [1.29, 1.82) is 0 Å². The number of aromatic nitrogens is 2. The maximum atomic E-state index is 12.1. The Bertz CT molecular complexity index is 895. The van der Waals surface area contributed by atoms with E-state index in [1.807, 2.05) is 0 Å². The van der Waals surface area contributed by atoms with Gasteiger partial charge in [-0.3, -0.25) is 4.98 Å². The van der Waals surface area contributed by atoms with Crippen LogP contribution in [0.1, 0.15) is 5.69 Å². The van der Waals surface area contributed by atoms with Gasteiger partial charge >= 0.3 is 6.03 Å². The molecule has 2 N–H and O–H groups in total. The largest absolute Gasteiger partial charge is 0.463 e. The monoisotopic (exact) mass is 338 g/mol. The number of ether oxygens (including phenoxy) is 2. The van der Waals surface area contributed by atoms with Crippen LogP contribution in [-0.4, -0.2) is 22.8 Å². The highest BCUT2D eigenvalue weighted by Gasteiger charge is 2.15. The van der Waals surface area contributed by atoms with E-state index in [0.29, 0.717) is 34.3 Å². The molecule has 8 heteroatoms. The van der Waals surface area contributed by atoms with Crippen LogP contribution in [0.15, 0.2) is 53.4 Å². The van der Waals surface area contributed by atoms with Crippen molar-refractivity contribution < 1.29 is 18.7 Å². The van der Waals surface area contributed by atoms with Gasteiger partial charge < -0.3 is 24.5 Å². The second kappa shape index (κ2) is 6.52. The number of hydrogen-bond donors (Lipinski definition) is 2. The zero-order valence-electron chi connectivity index (χ0n) is 13.1. The van der Waals surface area contributed by atoms with E-state index in [2.05, 4.69) is 20.6 Å². The highest BCUT2D eigenvalue weighted by atomic mass is 16.7. The quantitative estimate of drug-likeness (QED) is 0.759. The van der Waals surface area contributed by atoms with Crippen molar-refractivity contribution in [3.63, 3.8) is 0 Å². The van der Waals surface area contributed by atoms with Crippen LogP contribution in [-0.2, 0) is 6.54 Å². The standard InChI is InChI=1S/C17H14N4O4/c22-17(21-11-3-4-13-15(8-11)25-10-24-13)20-9-12-16(19-6-5-18-12)14-2-1-7-23-14/h1-8H,9-10H2,(H2,20,21,22). The molecule has 2 aromatic heterocycles. The van der Waals surface area contributed by atoms with Crippen LogP contribution in [0.5, 0.6) is 11.5 Å². The molecule has 0 fully saturated rings. The molecule has 1 aliphatic rings. The first kappa shape index (κ1) is 15.0. The minimum atomic E-state index is -0.366. The van der Waals surface area contributed by atoms with E-state index in [4.69, 9.17) is 13.9 Å². The Balaban J connectivity index is 1.41. The highest BCUT2D eigenvalue weighted by molar-refractivity contribution is 5.89. The fraction of sp³-hybridized carbons (Fsp3) is 0.118. The molecule has 0 radical (unpaired) electrons. The molecule has 4 rings (SSSR count). The smallest absolute Gasteiger partial charge is 0.319 e. The molecule has 1 aromatic carbocycles. The van der Waals surface area contributed by atoms with Crippen LogP contribution < -0.4 is 20.1 Å². The molecule has 0 unspecified atom stereocenters. The van der Waals surface area contributed by atoms with E-state index in [1.165, 1.54) is 0 Å². The molecule has 3 aromatic rings. The first-order valence-corrected chi connectivity index (χ1v) is 7.58. The number of amides is 2. The van der Waals surface area contributed by atoms with Crippen molar-refractivity contribution in [2.45, 2.75) is 6.54 Å². The maximum absolute atomic E-state index is 12.1. The molecule has 3 heterocycles. The van der Waals surface area contributed by atoms with Gasteiger partial charge in [0.2, 0.25) is 6.79 Å². The molecule has 8 nitrogen and oxygen atoms in total. The van der Waals surface area contributed by atoms with E-state index in [9.17, 15) is 4.79 Å². The van der Waals surface area contributed by atoms with Crippen molar-refractivity contribution in [1.82, 2.24) is 15.3 Å². The van der Waals surface area contributed by atoms with Crippen molar-refractivity contribution in [2.24, 2.45) is 0 Å². The average Bonchev–Trinajstić information content (AvgIpc) is 3.31. The van der Waals surface area contributed by atoms with Crippen LogP contribution in [0.3, 0.4) is 0 Å².